The van der Waals surface area contributed by atoms with Crippen molar-refractivity contribution in [2.24, 2.45) is 0 Å². The molecule has 1 heterocycles. The van der Waals surface area contributed by atoms with Crippen molar-refractivity contribution in [3.63, 3.8) is 0 Å². The molecule has 2 rings (SSSR count). The van der Waals surface area contributed by atoms with E-state index in [1.807, 2.05) is 31.1 Å². The standard InChI is InChI=1S/C12H12N2O3/c1-14(2)9-4-3-5-10(6-9)17-12(15)11-7-16-8-13-11/h3-8H,1-2H3. The van der Waals surface area contributed by atoms with E-state index in [-0.39, 0.29) is 5.69 Å². The van der Waals surface area contributed by atoms with Crippen molar-refractivity contribution in [1.29, 1.82) is 0 Å². The normalized spacial score (nSPS) is 10.0. The molecule has 0 N–H and O–H groups in total. The maximum Gasteiger partial charge on any atom is 0.365 e. The highest BCUT2D eigenvalue weighted by molar-refractivity contribution is 5.88. The molecule has 1 aromatic carbocycles. The second kappa shape index (κ2) is 4.69. The number of aromatic nitrogens is 1. The summed E-state index contributed by atoms with van der Waals surface area (Å²) in [6.45, 7) is 0. The molecule has 5 heteroatoms. The number of carbonyl (C=O) groups is 1. The first-order chi connectivity index (χ1) is 8.16. The first-order valence-electron chi connectivity index (χ1n) is 5.04. The third kappa shape index (κ3) is 2.63. The average molecular weight is 232 g/mol. The van der Waals surface area contributed by atoms with Gasteiger partial charge in [-0.3, -0.25) is 0 Å². The van der Waals surface area contributed by atoms with Crippen LogP contribution in [0.15, 0.2) is 41.3 Å². The van der Waals surface area contributed by atoms with Crippen LogP contribution in [0.2, 0.25) is 0 Å². The van der Waals surface area contributed by atoms with Gasteiger partial charge >= 0.3 is 5.97 Å². The molecule has 2 aromatic rings. The summed E-state index contributed by atoms with van der Waals surface area (Å²) in [5.74, 6) is -0.0566. The van der Waals surface area contributed by atoms with Gasteiger partial charge in [0.05, 0.1) is 0 Å². The van der Waals surface area contributed by atoms with Crippen molar-refractivity contribution in [3.05, 3.63) is 42.6 Å². The van der Waals surface area contributed by atoms with Gasteiger partial charge in [0.25, 0.3) is 0 Å². The molecule has 0 spiro atoms. The van der Waals surface area contributed by atoms with Crippen molar-refractivity contribution in [2.75, 3.05) is 19.0 Å². The van der Waals surface area contributed by atoms with Crippen molar-refractivity contribution in [3.8, 4) is 5.75 Å². The number of nitrogens with zero attached hydrogens (tertiary/aromatic N) is 2. The number of hydrogen-bond acceptors (Lipinski definition) is 5. The molecule has 1 aromatic heterocycles. The van der Waals surface area contributed by atoms with Crippen LogP contribution in [0.5, 0.6) is 5.75 Å². The van der Waals surface area contributed by atoms with Crippen LogP contribution < -0.4 is 9.64 Å². The number of anilines is 1. The SMILES string of the molecule is CN(C)c1cccc(OC(=O)c2cocn2)c1. The van der Waals surface area contributed by atoms with Gasteiger partial charge in [-0.05, 0) is 12.1 Å². The zero-order chi connectivity index (χ0) is 12.3. The molecule has 0 unspecified atom stereocenters. The van der Waals surface area contributed by atoms with Crippen LogP contribution in [0.1, 0.15) is 10.5 Å². The van der Waals surface area contributed by atoms with Crippen LogP contribution in [-0.4, -0.2) is 25.0 Å². The van der Waals surface area contributed by atoms with Gasteiger partial charge in [-0.2, -0.15) is 0 Å². The predicted molar refractivity (Wildman–Crippen MR) is 62.2 cm³/mol. The zero-order valence-corrected chi connectivity index (χ0v) is 9.58. The van der Waals surface area contributed by atoms with Crippen LogP contribution in [0.4, 0.5) is 5.69 Å². The van der Waals surface area contributed by atoms with Crippen molar-refractivity contribution in [2.45, 2.75) is 0 Å². The highest BCUT2D eigenvalue weighted by Crippen LogP contribution is 2.20. The Morgan fingerprint density at radius 2 is 2.24 bits per heavy atom. The molecule has 5 nitrogen and oxygen atoms in total. The van der Waals surface area contributed by atoms with Gasteiger partial charge in [-0.15, -0.1) is 0 Å². The van der Waals surface area contributed by atoms with Crippen LogP contribution >= 0.6 is 0 Å². The Morgan fingerprint density at radius 1 is 1.41 bits per heavy atom. The Morgan fingerprint density at radius 3 is 2.88 bits per heavy atom. The lowest BCUT2D eigenvalue weighted by Crippen LogP contribution is -2.11. The lowest BCUT2D eigenvalue weighted by atomic mass is 10.3. The first-order valence-corrected chi connectivity index (χ1v) is 5.04. The topological polar surface area (TPSA) is 55.6 Å². The number of oxazole rings is 1. The zero-order valence-electron chi connectivity index (χ0n) is 9.58. The minimum Gasteiger partial charge on any atom is -0.451 e. The minimum atomic E-state index is -0.533. The number of hydrogen-bond donors (Lipinski definition) is 0. The highest BCUT2D eigenvalue weighted by Gasteiger charge is 2.11. The Bertz CT molecular complexity index is 506. The predicted octanol–water partition coefficient (Wildman–Crippen LogP) is 1.96. The Labute approximate surface area is 98.6 Å². The molecule has 17 heavy (non-hydrogen) atoms. The van der Waals surface area contributed by atoms with Gasteiger partial charge in [0.15, 0.2) is 12.1 Å². The molecule has 0 amide bonds. The van der Waals surface area contributed by atoms with Gasteiger partial charge in [0.2, 0.25) is 0 Å². The molecular formula is C12H12N2O3. The fourth-order valence-corrected chi connectivity index (χ4v) is 1.30. The fraction of sp³-hybridized carbons (Fsp3) is 0.167. The third-order valence-electron chi connectivity index (χ3n) is 2.19. The van der Waals surface area contributed by atoms with Gasteiger partial charge in [0, 0.05) is 25.8 Å². The maximum absolute atomic E-state index is 11.6. The molecule has 0 saturated carbocycles. The summed E-state index contributed by atoms with van der Waals surface area (Å²) in [5, 5.41) is 0. The van der Waals surface area contributed by atoms with Crippen LogP contribution in [0.3, 0.4) is 0 Å². The van der Waals surface area contributed by atoms with Crippen LogP contribution in [0, 0.1) is 0 Å². The van der Waals surface area contributed by atoms with Gasteiger partial charge in [-0.1, -0.05) is 6.07 Å². The van der Waals surface area contributed by atoms with E-state index in [9.17, 15) is 4.79 Å². The summed E-state index contributed by atoms with van der Waals surface area (Å²) in [4.78, 5) is 17.2. The Hall–Kier alpha value is -2.30. The van der Waals surface area contributed by atoms with E-state index < -0.39 is 5.97 Å². The highest BCUT2D eigenvalue weighted by atomic mass is 16.5. The number of rotatable bonds is 3. The maximum atomic E-state index is 11.6. The van der Waals surface area contributed by atoms with E-state index in [0.29, 0.717) is 5.75 Å². The Balaban J connectivity index is 2.14. The summed E-state index contributed by atoms with van der Waals surface area (Å²) in [6.07, 6.45) is 2.44. The van der Waals surface area contributed by atoms with Crippen molar-refractivity contribution in [1.82, 2.24) is 4.98 Å². The number of benzene rings is 1. The molecule has 0 bridgehead atoms. The molecular weight excluding hydrogens is 220 g/mol. The Kier molecular flexibility index (Phi) is 3.09. The lowest BCUT2D eigenvalue weighted by molar-refractivity contribution is 0.0728. The molecule has 0 aliphatic heterocycles. The summed E-state index contributed by atoms with van der Waals surface area (Å²) in [6, 6.07) is 7.23. The number of ether oxygens (including phenoxy) is 1. The first kappa shape index (κ1) is 11.2. The molecule has 0 fully saturated rings. The summed E-state index contributed by atoms with van der Waals surface area (Å²) in [7, 11) is 3.83. The quantitative estimate of drug-likeness (QED) is 0.598. The average Bonchev–Trinajstić information content (AvgIpc) is 2.82. The van der Waals surface area contributed by atoms with Gasteiger partial charge < -0.3 is 14.1 Å². The van der Waals surface area contributed by atoms with Crippen molar-refractivity contribution >= 4 is 11.7 Å². The van der Waals surface area contributed by atoms with Crippen LogP contribution in [0.25, 0.3) is 0 Å². The fourth-order valence-electron chi connectivity index (χ4n) is 1.30. The van der Waals surface area contributed by atoms with Crippen molar-refractivity contribution < 1.29 is 13.9 Å². The largest absolute Gasteiger partial charge is 0.451 e. The molecule has 0 radical (unpaired) electrons. The van der Waals surface area contributed by atoms with E-state index in [4.69, 9.17) is 9.15 Å². The second-order valence-corrected chi connectivity index (χ2v) is 3.65. The van der Waals surface area contributed by atoms with Gasteiger partial charge in [0.1, 0.15) is 12.0 Å². The molecule has 0 atom stereocenters. The smallest absolute Gasteiger partial charge is 0.365 e. The molecule has 0 aliphatic carbocycles. The van der Waals surface area contributed by atoms with E-state index in [2.05, 4.69) is 4.98 Å². The van der Waals surface area contributed by atoms with E-state index in [0.717, 1.165) is 5.69 Å². The third-order valence-corrected chi connectivity index (χ3v) is 2.19. The van der Waals surface area contributed by atoms with Crippen LogP contribution in [-0.2, 0) is 0 Å². The van der Waals surface area contributed by atoms with E-state index in [1.54, 1.807) is 12.1 Å². The van der Waals surface area contributed by atoms with E-state index >= 15 is 0 Å². The molecule has 0 saturated heterocycles. The summed E-state index contributed by atoms with van der Waals surface area (Å²) >= 11 is 0. The minimum absolute atomic E-state index is 0.153. The number of esters is 1. The summed E-state index contributed by atoms with van der Waals surface area (Å²) < 4.78 is 9.88. The second-order valence-electron chi connectivity index (χ2n) is 3.65. The number of carbonyl (C=O) groups excluding carboxylic acids is 1. The lowest BCUT2D eigenvalue weighted by Gasteiger charge is -2.13. The molecule has 88 valence electrons. The molecule has 0 aliphatic rings. The monoisotopic (exact) mass is 232 g/mol. The van der Waals surface area contributed by atoms with Gasteiger partial charge in [-0.25, -0.2) is 9.78 Å². The summed E-state index contributed by atoms with van der Waals surface area (Å²) in [5.41, 5.74) is 1.11. The van der Waals surface area contributed by atoms with E-state index in [1.165, 1.54) is 12.7 Å².